The molecule has 1 aliphatic heterocycles. The molecule has 0 fully saturated rings. The zero-order chi connectivity index (χ0) is 20.6. The smallest absolute Gasteiger partial charge is 0.316 e. The number of amides is 1. The van der Waals surface area contributed by atoms with Crippen LogP contribution in [-0.4, -0.2) is 25.4 Å². The summed E-state index contributed by atoms with van der Waals surface area (Å²) in [7, 11) is 1.83. The summed E-state index contributed by atoms with van der Waals surface area (Å²) in [6.07, 6.45) is -4.36. The second kappa shape index (κ2) is 7.39. The number of ketones is 1. The summed E-state index contributed by atoms with van der Waals surface area (Å²) < 4.78 is 38.0. The molecule has 0 bridgehead atoms. The average molecular weight is 391 g/mol. The van der Waals surface area contributed by atoms with Crippen LogP contribution in [0.2, 0.25) is 0 Å². The van der Waals surface area contributed by atoms with Crippen molar-refractivity contribution < 1.29 is 27.7 Å². The van der Waals surface area contributed by atoms with Crippen LogP contribution in [0.3, 0.4) is 0 Å². The molecule has 0 radical (unpaired) electrons. The first kappa shape index (κ1) is 20.1. The predicted molar refractivity (Wildman–Crippen MR) is 99.2 cm³/mol. The first-order valence-electron chi connectivity index (χ1n) is 9.05. The maximum Gasteiger partial charge on any atom is 0.416 e. The largest absolute Gasteiger partial charge is 0.416 e. The van der Waals surface area contributed by atoms with Crippen LogP contribution in [0, 0.1) is 0 Å². The minimum absolute atomic E-state index is 0.246. The Morgan fingerprint density at radius 2 is 1.68 bits per heavy atom. The zero-order valence-electron chi connectivity index (χ0n) is 15.9. The van der Waals surface area contributed by atoms with Gasteiger partial charge in [-0.25, -0.2) is 0 Å². The van der Waals surface area contributed by atoms with E-state index in [1.54, 1.807) is 12.1 Å². The Kier molecular flexibility index (Phi) is 5.30. The van der Waals surface area contributed by atoms with Crippen molar-refractivity contribution in [2.24, 2.45) is 0 Å². The number of quaternary nitrogens is 1. The lowest BCUT2D eigenvalue weighted by molar-refractivity contribution is -0.892. The second-order valence-electron chi connectivity index (χ2n) is 7.48. The highest BCUT2D eigenvalue weighted by molar-refractivity contribution is 6.52. The number of Topliss-reactive ketones (excluding diaryl/α,β-unsaturated/α-hetero) is 1. The first-order valence-corrected chi connectivity index (χ1v) is 9.05. The van der Waals surface area contributed by atoms with Crippen LogP contribution in [-0.2, 0) is 17.5 Å². The summed E-state index contributed by atoms with van der Waals surface area (Å²) in [6, 6.07) is 10.4. The molecule has 1 atom stereocenters. The third kappa shape index (κ3) is 3.94. The van der Waals surface area contributed by atoms with Gasteiger partial charge in [-0.2, -0.15) is 13.2 Å². The van der Waals surface area contributed by atoms with E-state index in [1.165, 1.54) is 17.0 Å². The molecule has 7 heteroatoms. The number of fused-ring (bicyclic) bond motifs is 1. The van der Waals surface area contributed by atoms with Crippen molar-refractivity contribution in [1.82, 2.24) is 0 Å². The summed E-state index contributed by atoms with van der Waals surface area (Å²) in [5.41, 5.74) is 2.03. The van der Waals surface area contributed by atoms with Crippen molar-refractivity contribution in [2.75, 3.05) is 18.6 Å². The van der Waals surface area contributed by atoms with Crippen LogP contribution in [0.15, 0.2) is 42.5 Å². The normalized spacial score (nSPS) is 15.3. The van der Waals surface area contributed by atoms with Gasteiger partial charge in [-0.15, -0.1) is 0 Å². The molecule has 1 aliphatic rings. The molecular weight excluding hydrogens is 369 g/mol. The first-order chi connectivity index (χ1) is 13.1. The molecule has 0 aliphatic carbocycles. The van der Waals surface area contributed by atoms with Crippen LogP contribution in [0.25, 0.3) is 0 Å². The van der Waals surface area contributed by atoms with E-state index in [9.17, 15) is 22.8 Å². The molecule has 2 aromatic carbocycles. The van der Waals surface area contributed by atoms with E-state index >= 15 is 0 Å². The van der Waals surface area contributed by atoms with Crippen LogP contribution in [0.5, 0.6) is 0 Å². The molecule has 28 heavy (non-hydrogen) atoms. The zero-order valence-corrected chi connectivity index (χ0v) is 15.9. The van der Waals surface area contributed by atoms with Gasteiger partial charge in [0.2, 0.25) is 0 Å². The van der Waals surface area contributed by atoms with E-state index < -0.39 is 23.4 Å². The molecule has 1 amide bonds. The molecule has 1 heterocycles. The number of nitrogens with zero attached hydrogens (tertiary/aromatic N) is 1. The van der Waals surface area contributed by atoms with Gasteiger partial charge in [-0.05, 0) is 35.7 Å². The monoisotopic (exact) mass is 391 g/mol. The van der Waals surface area contributed by atoms with Crippen molar-refractivity contribution in [3.05, 3.63) is 64.7 Å². The maximum atomic E-state index is 12.7. The highest BCUT2D eigenvalue weighted by Crippen LogP contribution is 2.31. The fourth-order valence-corrected chi connectivity index (χ4v) is 3.32. The number of benzene rings is 2. The van der Waals surface area contributed by atoms with Gasteiger partial charge in [0.05, 0.1) is 23.9 Å². The molecule has 1 unspecified atom stereocenters. The lowest BCUT2D eigenvalue weighted by atomic mass is 9.99. The average Bonchev–Trinajstić information content (AvgIpc) is 2.86. The SMILES string of the molecule is CC(C)c1ccc2c(c1)C(=O)C(=O)N2C[NH+](C)Cc1ccc(C(F)(F)F)cc1. The lowest BCUT2D eigenvalue weighted by Crippen LogP contribution is -3.09. The van der Waals surface area contributed by atoms with E-state index in [0.29, 0.717) is 17.8 Å². The van der Waals surface area contributed by atoms with Gasteiger partial charge in [0, 0.05) is 5.56 Å². The number of alkyl halides is 3. The summed E-state index contributed by atoms with van der Waals surface area (Å²) >= 11 is 0. The number of halogens is 3. The molecule has 2 aromatic rings. The quantitative estimate of drug-likeness (QED) is 0.797. The van der Waals surface area contributed by atoms with Crippen LogP contribution >= 0.6 is 0 Å². The minimum Gasteiger partial charge on any atom is -0.316 e. The topological polar surface area (TPSA) is 41.8 Å². The Morgan fingerprint density at radius 3 is 2.25 bits per heavy atom. The number of nitrogens with one attached hydrogen (secondary N) is 1. The van der Waals surface area contributed by atoms with E-state index in [4.69, 9.17) is 0 Å². The number of carbonyl (C=O) groups is 2. The van der Waals surface area contributed by atoms with Crippen molar-refractivity contribution >= 4 is 17.4 Å². The molecule has 0 saturated carbocycles. The number of hydrogen-bond donors (Lipinski definition) is 1. The fourth-order valence-electron chi connectivity index (χ4n) is 3.32. The lowest BCUT2D eigenvalue weighted by Gasteiger charge is -2.22. The molecule has 148 valence electrons. The van der Waals surface area contributed by atoms with E-state index in [0.717, 1.165) is 28.2 Å². The number of carbonyl (C=O) groups excluding carboxylic acids is 2. The summed E-state index contributed by atoms with van der Waals surface area (Å²) in [5.74, 6) is -0.835. The Hall–Kier alpha value is -2.67. The van der Waals surface area contributed by atoms with Gasteiger partial charge in [0.1, 0.15) is 6.54 Å². The van der Waals surface area contributed by atoms with Crippen LogP contribution in [0.1, 0.15) is 46.8 Å². The molecule has 3 rings (SSSR count). The second-order valence-corrected chi connectivity index (χ2v) is 7.48. The Labute approximate surface area is 161 Å². The van der Waals surface area contributed by atoms with Gasteiger partial charge in [0.25, 0.3) is 5.78 Å². The van der Waals surface area contributed by atoms with Crippen LogP contribution < -0.4 is 9.80 Å². The Bertz CT molecular complexity index is 905. The number of rotatable bonds is 5. The standard InChI is InChI=1S/C21H21F3N2O2/c1-13(2)15-6-9-18-17(10-15)19(27)20(28)26(18)12-25(3)11-14-4-7-16(8-5-14)21(22,23)24/h4-10,13H,11-12H2,1-3H3/p+1. The van der Waals surface area contributed by atoms with E-state index in [1.807, 2.05) is 27.0 Å². The van der Waals surface area contributed by atoms with Crippen molar-refractivity contribution in [3.8, 4) is 0 Å². The van der Waals surface area contributed by atoms with E-state index in [-0.39, 0.29) is 12.6 Å². The minimum atomic E-state index is -4.36. The highest BCUT2D eigenvalue weighted by Gasteiger charge is 2.37. The van der Waals surface area contributed by atoms with Gasteiger partial charge >= 0.3 is 12.1 Å². The summed E-state index contributed by atoms with van der Waals surface area (Å²) in [4.78, 5) is 27.1. The Balaban J connectivity index is 1.73. The molecule has 1 N–H and O–H groups in total. The fraction of sp³-hybridized carbons (Fsp3) is 0.333. The number of anilines is 1. The highest BCUT2D eigenvalue weighted by atomic mass is 19.4. The van der Waals surface area contributed by atoms with Crippen molar-refractivity contribution in [1.29, 1.82) is 0 Å². The third-order valence-corrected chi connectivity index (χ3v) is 4.88. The van der Waals surface area contributed by atoms with Crippen molar-refractivity contribution in [3.63, 3.8) is 0 Å². The molecule has 0 saturated heterocycles. The van der Waals surface area contributed by atoms with Gasteiger partial charge in [-0.1, -0.05) is 32.0 Å². The number of hydrogen-bond acceptors (Lipinski definition) is 2. The molecule has 0 spiro atoms. The summed E-state index contributed by atoms with van der Waals surface area (Å²) in [5, 5.41) is 0. The van der Waals surface area contributed by atoms with Crippen LogP contribution in [0.4, 0.5) is 18.9 Å². The van der Waals surface area contributed by atoms with Gasteiger partial charge < -0.3 is 4.90 Å². The molecular formula is C21H22F3N2O2+. The van der Waals surface area contributed by atoms with E-state index in [2.05, 4.69) is 0 Å². The van der Waals surface area contributed by atoms with Gasteiger partial charge in [-0.3, -0.25) is 14.5 Å². The molecule has 0 aromatic heterocycles. The predicted octanol–water partition coefficient (Wildman–Crippen LogP) is 3.03. The summed E-state index contributed by atoms with van der Waals surface area (Å²) in [6.45, 7) is 4.71. The third-order valence-electron chi connectivity index (χ3n) is 4.88. The van der Waals surface area contributed by atoms with Gasteiger partial charge in [0.15, 0.2) is 6.67 Å². The Morgan fingerprint density at radius 1 is 1.04 bits per heavy atom. The van der Waals surface area contributed by atoms with Crippen molar-refractivity contribution in [2.45, 2.75) is 32.5 Å². The maximum absolute atomic E-state index is 12.7. The molecule has 4 nitrogen and oxygen atoms in total.